The first-order valence-electron chi connectivity index (χ1n) is 7.43. The molecule has 22 heavy (non-hydrogen) atoms. The third-order valence-corrected chi connectivity index (χ3v) is 4.73. The molecule has 3 rings (SSSR count). The van der Waals surface area contributed by atoms with E-state index in [9.17, 15) is 4.79 Å². The minimum absolute atomic E-state index is 0.0459. The van der Waals surface area contributed by atoms with Gasteiger partial charge in [0.2, 0.25) is 5.91 Å². The summed E-state index contributed by atoms with van der Waals surface area (Å²) in [6, 6.07) is 16.5. The van der Waals surface area contributed by atoms with Crippen LogP contribution in [0, 0.1) is 0 Å². The van der Waals surface area contributed by atoms with Gasteiger partial charge in [-0.05, 0) is 47.7 Å². The molecule has 0 saturated carbocycles. The molecule has 1 unspecified atom stereocenters. The van der Waals surface area contributed by atoms with Crippen LogP contribution < -0.4 is 0 Å². The molecule has 0 radical (unpaired) electrons. The highest BCUT2D eigenvalue weighted by Crippen LogP contribution is 2.34. The Morgan fingerprint density at radius 2 is 1.91 bits per heavy atom. The molecule has 2 aromatic rings. The summed E-state index contributed by atoms with van der Waals surface area (Å²) in [6.45, 7) is 0. The highest BCUT2D eigenvalue weighted by molar-refractivity contribution is 9.10. The molecule has 2 nitrogen and oxygen atoms in total. The van der Waals surface area contributed by atoms with E-state index >= 15 is 0 Å². The zero-order valence-electron chi connectivity index (χ0n) is 12.5. The van der Waals surface area contributed by atoms with Gasteiger partial charge in [-0.2, -0.15) is 0 Å². The Morgan fingerprint density at radius 3 is 2.68 bits per heavy atom. The summed E-state index contributed by atoms with van der Waals surface area (Å²) in [5.74, 6) is 0.0459. The summed E-state index contributed by atoms with van der Waals surface area (Å²) >= 11 is 3.41. The molecule has 2 aromatic carbocycles. The highest BCUT2D eigenvalue weighted by atomic mass is 79.9. The molecule has 0 bridgehead atoms. The molecule has 0 aromatic heterocycles. The number of benzene rings is 2. The van der Waals surface area contributed by atoms with Crippen LogP contribution in [0.4, 0.5) is 0 Å². The Morgan fingerprint density at radius 1 is 1.18 bits per heavy atom. The van der Waals surface area contributed by atoms with Crippen molar-refractivity contribution in [3.8, 4) is 0 Å². The average Bonchev–Trinajstić information content (AvgIpc) is 2.97. The molecule has 1 aliphatic carbocycles. The molecule has 3 heteroatoms. The van der Waals surface area contributed by atoms with E-state index in [1.807, 2.05) is 48.4 Å². The number of likely N-dealkylation sites (N-methyl/N-ethyl adjacent to an activating group) is 1. The summed E-state index contributed by atoms with van der Waals surface area (Å²) in [4.78, 5) is 14.3. The zero-order valence-corrected chi connectivity index (χ0v) is 14.1. The summed E-state index contributed by atoms with van der Waals surface area (Å²) in [6.07, 6.45) is 5.58. The van der Waals surface area contributed by atoms with Gasteiger partial charge in [0.1, 0.15) is 0 Å². The van der Waals surface area contributed by atoms with Crippen molar-refractivity contribution < 1.29 is 4.79 Å². The molecule has 1 atom stereocenters. The lowest BCUT2D eigenvalue weighted by Crippen LogP contribution is -2.28. The monoisotopic (exact) mass is 355 g/mol. The smallest absolute Gasteiger partial charge is 0.246 e. The van der Waals surface area contributed by atoms with Gasteiger partial charge >= 0.3 is 0 Å². The fraction of sp³-hybridized carbons (Fsp3) is 0.211. The Balaban J connectivity index is 1.71. The van der Waals surface area contributed by atoms with E-state index in [1.165, 1.54) is 11.1 Å². The van der Waals surface area contributed by atoms with E-state index in [2.05, 4.69) is 34.1 Å². The number of hydrogen-bond donors (Lipinski definition) is 0. The van der Waals surface area contributed by atoms with Gasteiger partial charge in [-0.25, -0.2) is 0 Å². The third-order valence-electron chi connectivity index (χ3n) is 4.20. The van der Waals surface area contributed by atoms with Gasteiger partial charge in [0.15, 0.2) is 0 Å². The molecule has 0 spiro atoms. The lowest BCUT2D eigenvalue weighted by atomic mass is 10.1. The van der Waals surface area contributed by atoms with E-state index in [1.54, 1.807) is 6.08 Å². The predicted octanol–water partition coefficient (Wildman–Crippen LogP) is 4.61. The molecule has 1 amide bonds. The Kier molecular flexibility index (Phi) is 4.44. The van der Waals surface area contributed by atoms with Gasteiger partial charge in [0, 0.05) is 17.6 Å². The Labute approximate surface area is 139 Å². The van der Waals surface area contributed by atoms with Crippen LogP contribution in [0.2, 0.25) is 0 Å². The fourth-order valence-electron chi connectivity index (χ4n) is 2.95. The number of nitrogens with zero attached hydrogens (tertiary/aromatic N) is 1. The predicted molar refractivity (Wildman–Crippen MR) is 93.5 cm³/mol. The van der Waals surface area contributed by atoms with Crippen LogP contribution in [0.15, 0.2) is 59.1 Å². The number of amides is 1. The van der Waals surface area contributed by atoms with E-state index in [0.29, 0.717) is 0 Å². The third kappa shape index (κ3) is 3.14. The zero-order chi connectivity index (χ0) is 15.5. The van der Waals surface area contributed by atoms with Gasteiger partial charge in [-0.15, -0.1) is 0 Å². The van der Waals surface area contributed by atoms with Gasteiger partial charge < -0.3 is 4.90 Å². The molecule has 0 heterocycles. The molecule has 1 aliphatic rings. The first-order chi connectivity index (χ1) is 10.6. The van der Waals surface area contributed by atoms with Crippen LogP contribution in [0.1, 0.15) is 29.2 Å². The van der Waals surface area contributed by atoms with Gasteiger partial charge in [-0.3, -0.25) is 4.79 Å². The molecule has 112 valence electrons. The standard InChI is InChI=1S/C19H18BrNO/c1-21(18-12-9-15-4-2-3-5-17(15)18)19(22)13-8-14-6-10-16(20)11-7-14/h2-8,10-11,13,18H,9,12H2,1H3/b13-8+. The molecule has 0 N–H and O–H groups in total. The number of carbonyl (C=O) groups excluding carboxylic acids is 1. The molecule has 0 aliphatic heterocycles. The maximum Gasteiger partial charge on any atom is 0.246 e. The van der Waals surface area contributed by atoms with Crippen LogP contribution in [0.3, 0.4) is 0 Å². The second-order valence-corrected chi connectivity index (χ2v) is 6.50. The molecular formula is C19H18BrNO. The lowest BCUT2D eigenvalue weighted by Gasteiger charge is -2.24. The minimum Gasteiger partial charge on any atom is -0.335 e. The number of rotatable bonds is 3. The topological polar surface area (TPSA) is 20.3 Å². The van der Waals surface area contributed by atoms with Crippen molar-refractivity contribution in [2.24, 2.45) is 0 Å². The first kappa shape index (κ1) is 15.0. The second-order valence-electron chi connectivity index (χ2n) is 5.59. The largest absolute Gasteiger partial charge is 0.335 e. The maximum atomic E-state index is 12.4. The summed E-state index contributed by atoms with van der Waals surface area (Å²) in [5, 5.41) is 0. The minimum atomic E-state index is 0.0459. The second kappa shape index (κ2) is 6.49. The SMILES string of the molecule is CN(C(=O)/C=C/c1ccc(Br)cc1)C1CCc2ccccc21. The highest BCUT2D eigenvalue weighted by Gasteiger charge is 2.27. The van der Waals surface area contributed by atoms with Gasteiger partial charge in [0.05, 0.1) is 6.04 Å². The van der Waals surface area contributed by atoms with Crippen molar-refractivity contribution in [2.75, 3.05) is 7.05 Å². The van der Waals surface area contributed by atoms with Crippen molar-refractivity contribution in [3.05, 3.63) is 75.8 Å². The normalized spacial score (nSPS) is 16.7. The van der Waals surface area contributed by atoms with Gasteiger partial charge in [0.25, 0.3) is 0 Å². The first-order valence-corrected chi connectivity index (χ1v) is 8.23. The molecule has 0 fully saturated rings. The summed E-state index contributed by atoms with van der Waals surface area (Å²) in [5.41, 5.74) is 3.68. The Hall–Kier alpha value is -1.87. The number of aryl methyl sites for hydroxylation is 1. The van der Waals surface area contributed by atoms with Crippen LogP contribution in [-0.2, 0) is 11.2 Å². The van der Waals surface area contributed by atoms with E-state index in [-0.39, 0.29) is 11.9 Å². The van der Waals surface area contributed by atoms with Crippen LogP contribution in [0.25, 0.3) is 6.08 Å². The Bertz CT molecular complexity index is 706. The number of halogens is 1. The number of carbonyl (C=O) groups is 1. The fourth-order valence-corrected chi connectivity index (χ4v) is 3.21. The quantitative estimate of drug-likeness (QED) is 0.736. The van der Waals surface area contributed by atoms with Crippen molar-refractivity contribution in [3.63, 3.8) is 0 Å². The van der Waals surface area contributed by atoms with Crippen molar-refractivity contribution >= 4 is 27.9 Å². The molecule has 0 saturated heterocycles. The number of hydrogen-bond acceptors (Lipinski definition) is 1. The van der Waals surface area contributed by atoms with E-state index < -0.39 is 0 Å². The van der Waals surface area contributed by atoms with Crippen molar-refractivity contribution in [1.29, 1.82) is 0 Å². The lowest BCUT2D eigenvalue weighted by molar-refractivity contribution is -0.126. The van der Waals surface area contributed by atoms with Crippen molar-refractivity contribution in [2.45, 2.75) is 18.9 Å². The average molecular weight is 356 g/mol. The summed E-state index contributed by atoms with van der Waals surface area (Å²) in [7, 11) is 1.89. The number of fused-ring (bicyclic) bond motifs is 1. The van der Waals surface area contributed by atoms with Crippen LogP contribution in [0.5, 0.6) is 0 Å². The van der Waals surface area contributed by atoms with Crippen LogP contribution in [-0.4, -0.2) is 17.9 Å². The van der Waals surface area contributed by atoms with Gasteiger partial charge in [-0.1, -0.05) is 52.3 Å². The molecular weight excluding hydrogens is 338 g/mol. The van der Waals surface area contributed by atoms with Crippen molar-refractivity contribution in [1.82, 2.24) is 4.90 Å². The van der Waals surface area contributed by atoms with Crippen LogP contribution >= 0.6 is 15.9 Å². The maximum absolute atomic E-state index is 12.4. The van der Waals surface area contributed by atoms with E-state index in [0.717, 1.165) is 22.9 Å². The van der Waals surface area contributed by atoms with E-state index in [4.69, 9.17) is 0 Å². The summed E-state index contributed by atoms with van der Waals surface area (Å²) < 4.78 is 1.04.